The summed E-state index contributed by atoms with van der Waals surface area (Å²) in [6.45, 7) is 10.1. The van der Waals surface area contributed by atoms with Crippen LogP contribution < -0.4 is 26.2 Å². The number of ether oxygens (including phenoxy) is 3. The predicted octanol–water partition coefficient (Wildman–Crippen LogP) is 3.99. The number of thiazole rings is 1. The molecule has 6 aromatic rings. The van der Waals surface area contributed by atoms with Gasteiger partial charge in [0.2, 0.25) is 17.7 Å². The van der Waals surface area contributed by atoms with E-state index in [0.717, 1.165) is 58.5 Å². The van der Waals surface area contributed by atoms with Crippen molar-refractivity contribution in [2.24, 2.45) is 22.2 Å². The van der Waals surface area contributed by atoms with E-state index in [1.54, 1.807) is 38.2 Å². The van der Waals surface area contributed by atoms with E-state index in [-0.39, 0.29) is 72.5 Å². The van der Waals surface area contributed by atoms with Crippen LogP contribution >= 0.6 is 11.3 Å². The Bertz CT molecular complexity index is 4530. The van der Waals surface area contributed by atoms with Crippen LogP contribution in [-0.2, 0) is 75.5 Å². The second-order valence-corrected chi connectivity index (χ2v) is 32.6. The molecule has 111 heavy (non-hydrogen) atoms. The molecule has 12 atom stereocenters. The molecule has 0 radical (unpaired) electrons. The average molecular weight is 1550 g/mol. The fraction of sp³-hybridized carbons (Fsp3) is 0.513. The van der Waals surface area contributed by atoms with Gasteiger partial charge < -0.3 is 85.9 Å². The first-order valence-electron chi connectivity index (χ1n) is 37.1. The molecule has 4 saturated carbocycles. The third-order valence-electron chi connectivity index (χ3n) is 22.4. The largest absolute Gasteiger partial charge is 0.479 e. The van der Waals surface area contributed by atoms with E-state index >= 15 is 0 Å². The Morgan fingerprint density at radius 2 is 1.51 bits per heavy atom. The molecule has 32 nitrogen and oxygen atoms in total. The molecule has 5 fully saturated rings. The highest BCUT2D eigenvalue weighted by atomic mass is 32.1. The average Bonchev–Trinajstić information content (AvgIpc) is 0.823. The summed E-state index contributed by atoms with van der Waals surface area (Å²) >= 11 is 1.38. The van der Waals surface area contributed by atoms with Gasteiger partial charge in [-0.15, -0.1) is 0 Å². The summed E-state index contributed by atoms with van der Waals surface area (Å²) < 4.78 is 21.6. The lowest BCUT2D eigenvalue weighted by atomic mass is 9.39. The van der Waals surface area contributed by atoms with Crippen LogP contribution in [0.4, 0.5) is 21.4 Å². The first-order chi connectivity index (χ1) is 52.7. The van der Waals surface area contributed by atoms with Crippen molar-refractivity contribution in [3.05, 3.63) is 130 Å². The minimum Gasteiger partial charge on any atom is -0.479 e. The summed E-state index contributed by atoms with van der Waals surface area (Å²) in [4.78, 5) is 132. The zero-order valence-electron chi connectivity index (χ0n) is 62.4. The first-order valence-corrected chi connectivity index (χ1v) is 38.0. The zero-order chi connectivity index (χ0) is 79.8. The summed E-state index contributed by atoms with van der Waals surface area (Å²) in [5.41, 5.74) is 4.06. The molecule has 2 unspecified atom stereocenters. The summed E-state index contributed by atoms with van der Waals surface area (Å²) in [6.07, 6.45) is -6.60. The van der Waals surface area contributed by atoms with Crippen molar-refractivity contribution < 1.29 is 103 Å². The van der Waals surface area contributed by atoms with Crippen molar-refractivity contribution in [2.45, 2.75) is 192 Å². The van der Waals surface area contributed by atoms with Gasteiger partial charge in [0, 0.05) is 72.9 Å². The highest BCUT2D eigenvalue weighted by Gasteiger charge is 2.66. The Morgan fingerprint density at radius 1 is 0.784 bits per heavy atom. The molecule has 3 aromatic carbocycles. The van der Waals surface area contributed by atoms with E-state index < -0.39 is 140 Å². The van der Waals surface area contributed by atoms with E-state index in [1.165, 1.54) is 41.4 Å². The van der Waals surface area contributed by atoms with Crippen LogP contribution in [0.25, 0.3) is 21.3 Å². The number of amides is 7. The first kappa shape index (κ1) is 80.8. The number of aliphatic carboxylic acids is 1. The van der Waals surface area contributed by atoms with Crippen LogP contribution in [0.5, 0.6) is 0 Å². The zero-order valence-corrected chi connectivity index (χ0v) is 63.2. The summed E-state index contributed by atoms with van der Waals surface area (Å²) in [5, 5.41) is 111. The monoisotopic (exact) mass is 1550 g/mol. The SMILES string of the molecule is Cc1c(-c2ccc(N3CCc4cccc(C(=O)Nc5nc6ccccc6s5)c4C3)nc2C(=O)O)cnn1CC12CC3(C)CC(C)(C1)CC(OCCN(CC[C@@H](O)[C@H](O)[C@@H](O)CO)C(=O)OCc1ccc(NC(=O)[C@H](C)NC(=O)[C@@H](NC(=O)CN4C(=O)C=CC4=O)C(C)C)cc1CC[C@@H]1O[C@H](C(=O)O)[C@@H](O)[C@H](O)[C@H]1O)(C3)C2. The number of carbonyl (C=O) groups excluding carboxylic acids is 7. The van der Waals surface area contributed by atoms with Gasteiger partial charge in [-0.3, -0.25) is 43.7 Å². The third kappa shape index (κ3) is 17.8. The van der Waals surface area contributed by atoms with Crippen LogP contribution in [0, 0.1) is 29.1 Å². The van der Waals surface area contributed by atoms with Crippen LogP contribution in [-0.4, -0.2) is 235 Å². The number of imide groups is 1. The number of para-hydroxylation sites is 1. The number of carbonyl (C=O) groups is 9. The number of benzene rings is 3. The van der Waals surface area contributed by atoms with Crippen molar-refractivity contribution >= 4 is 91.7 Å². The maximum Gasteiger partial charge on any atom is 0.410 e. The normalized spacial score (nSPS) is 25.3. The van der Waals surface area contributed by atoms with Crippen LogP contribution in [0.1, 0.15) is 135 Å². The van der Waals surface area contributed by atoms with Gasteiger partial charge in [0.15, 0.2) is 16.9 Å². The number of hydrogen-bond donors (Lipinski definition) is 13. The number of aromatic nitrogens is 4. The number of carboxylic acid groups (broad SMARTS) is 2. The Balaban J connectivity index is 0.733. The number of aliphatic hydroxyl groups is 7. The van der Waals surface area contributed by atoms with Gasteiger partial charge in [-0.2, -0.15) is 5.10 Å². The highest BCUT2D eigenvalue weighted by molar-refractivity contribution is 7.22. The number of nitrogens with one attached hydrogen (secondary N) is 4. The van der Waals surface area contributed by atoms with Gasteiger partial charge in [-0.25, -0.2) is 24.4 Å². The number of fused-ring (bicyclic) bond motifs is 2. The Kier molecular flexibility index (Phi) is 24.0. The van der Waals surface area contributed by atoms with Gasteiger partial charge >= 0.3 is 18.0 Å². The molecule has 7 aliphatic rings. The third-order valence-corrected chi connectivity index (χ3v) is 23.3. The van der Waals surface area contributed by atoms with E-state index in [4.69, 9.17) is 24.3 Å². The van der Waals surface area contributed by atoms with E-state index in [0.29, 0.717) is 89.0 Å². The fourth-order valence-electron chi connectivity index (χ4n) is 18.0. The number of aliphatic hydroxyl groups excluding tert-OH is 7. The second kappa shape index (κ2) is 32.9. The van der Waals surface area contributed by atoms with Gasteiger partial charge in [-0.1, -0.05) is 69.4 Å². The Hall–Kier alpha value is -9.68. The van der Waals surface area contributed by atoms with Crippen molar-refractivity contribution in [1.82, 2.24) is 40.2 Å². The van der Waals surface area contributed by atoms with E-state index in [2.05, 4.69) is 40.1 Å². The fourth-order valence-corrected chi connectivity index (χ4v) is 18.9. The summed E-state index contributed by atoms with van der Waals surface area (Å²) in [6, 6.07) is 18.9. The van der Waals surface area contributed by atoms with Gasteiger partial charge in [0.25, 0.3) is 17.7 Å². The molecular weight excluding hydrogens is 1460 g/mol. The molecule has 0 spiro atoms. The molecule has 1 saturated heterocycles. The quantitative estimate of drug-likeness (QED) is 0.0274. The molecule has 13 N–H and O–H groups in total. The highest BCUT2D eigenvalue weighted by Crippen LogP contribution is 2.72. The molecule has 3 aliphatic heterocycles. The van der Waals surface area contributed by atoms with Crippen LogP contribution in [0.2, 0.25) is 0 Å². The standard InChI is InChI=1S/C78H95N11O21S/c1-41(2)61(84-58(93)31-88-59(94)20-21-60(88)95)70(102)80-42(3)68(100)81-47-16-14-46(45(28-47)15-18-55-64(97)65(98)66(99)67(110-55)72(105)106)33-108-74(107)86(25-23-53(91)63(96)54(92)32-90)26-27-109-78-37-75(5)34-76(6,38-78)36-77(35-75,39-78)40-89-43(4)50(29-79-89)48-17-19-57(83-62(48)71(103)104)87-24-22-44-10-9-11-49(51(44)30-87)69(101)85-73-82-52-12-7-8-13-56(52)111-73/h7-14,16-17,19-21,28-29,41-42,53-55,61,63-67,90-92,96-99H,15,18,22-27,30-40H2,1-6H3,(H,80,102)(H,81,100)(H,84,93)(H,103,104)(H,105,106)(H,82,85,101)/t42-,53+,54-,55-,61-,63-,64-,65+,66-,67-,75?,76?,77?,78?/m0/s1. The Morgan fingerprint density at radius 3 is 2.21 bits per heavy atom. The molecule has 6 heterocycles. The maximum absolute atomic E-state index is 14.6. The minimum atomic E-state index is -1.97. The van der Waals surface area contributed by atoms with Gasteiger partial charge in [0.1, 0.15) is 61.6 Å². The lowest BCUT2D eigenvalue weighted by Gasteiger charge is -2.69. The lowest BCUT2D eigenvalue weighted by Crippen LogP contribution is -2.64. The molecule has 594 valence electrons. The number of rotatable bonds is 31. The molecule has 7 amide bonds. The molecular formula is C78H95N11O21S. The number of anilines is 3. The number of pyridine rings is 1. The molecule has 33 heteroatoms. The minimum absolute atomic E-state index is 0.0273. The predicted molar refractivity (Wildman–Crippen MR) is 400 cm³/mol. The molecule has 3 aromatic heterocycles. The topological polar surface area (TPSA) is 465 Å². The molecule has 13 rings (SSSR count). The van der Waals surface area contributed by atoms with Gasteiger partial charge in [0.05, 0.1) is 47.4 Å². The van der Waals surface area contributed by atoms with Crippen LogP contribution in [0.3, 0.4) is 0 Å². The second-order valence-electron chi connectivity index (χ2n) is 31.6. The summed E-state index contributed by atoms with van der Waals surface area (Å²) in [7, 11) is 0. The number of nitrogens with zero attached hydrogens (tertiary/aromatic N) is 7. The lowest BCUT2D eigenvalue weighted by molar-refractivity contribution is -0.248. The number of carboxylic acids is 2. The Labute approximate surface area is 642 Å². The van der Waals surface area contributed by atoms with Crippen molar-refractivity contribution in [3.8, 4) is 11.1 Å². The van der Waals surface area contributed by atoms with Crippen LogP contribution in [0.15, 0.2) is 91.1 Å². The number of hydrogen-bond acceptors (Lipinski definition) is 24. The van der Waals surface area contributed by atoms with Crippen molar-refractivity contribution in [2.75, 3.05) is 54.9 Å². The maximum atomic E-state index is 14.6. The number of aryl methyl sites for hydroxylation is 1. The van der Waals surface area contributed by atoms with E-state index in [9.17, 15) is 89.1 Å². The van der Waals surface area contributed by atoms with Gasteiger partial charge in [-0.05, 0) is 165 Å². The summed E-state index contributed by atoms with van der Waals surface area (Å²) in [5.74, 6) is -6.91. The number of aromatic carboxylic acids is 1. The van der Waals surface area contributed by atoms with Crippen molar-refractivity contribution in [3.63, 3.8) is 0 Å². The van der Waals surface area contributed by atoms with Crippen molar-refractivity contribution in [1.29, 1.82) is 0 Å². The molecule has 4 bridgehead atoms. The molecule has 4 aliphatic carbocycles. The smallest absolute Gasteiger partial charge is 0.410 e. The van der Waals surface area contributed by atoms with E-state index in [1.807, 2.05) is 52.9 Å².